The van der Waals surface area contributed by atoms with Gasteiger partial charge in [0.2, 0.25) is 5.91 Å². The summed E-state index contributed by atoms with van der Waals surface area (Å²) in [6.07, 6.45) is 1.63. The van der Waals surface area contributed by atoms with Crippen LogP contribution in [0.3, 0.4) is 0 Å². The first-order valence-electron chi connectivity index (χ1n) is 7.98. The first kappa shape index (κ1) is 17.3. The average Bonchev–Trinajstić information content (AvgIpc) is 3.19. The zero-order valence-corrected chi connectivity index (χ0v) is 15.2. The first-order valence-corrected chi connectivity index (χ1v) is 8.86. The molecule has 6 nitrogen and oxygen atoms in total. The number of rotatable bonds is 6. The third-order valence-corrected chi connectivity index (χ3v) is 5.03. The number of aromatic nitrogens is 3. The summed E-state index contributed by atoms with van der Waals surface area (Å²) in [5.74, 6) is 1.49. The highest BCUT2D eigenvalue weighted by atomic mass is 32.2. The van der Waals surface area contributed by atoms with Crippen LogP contribution in [0, 0.1) is 6.92 Å². The van der Waals surface area contributed by atoms with Gasteiger partial charge >= 0.3 is 0 Å². The van der Waals surface area contributed by atoms with Gasteiger partial charge in [-0.25, -0.2) is 0 Å². The number of thioether (sulfide) groups is 1. The van der Waals surface area contributed by atoms with Gasteiger partial charge in [0.05, 0.1) is 17.1 Å². The van der Waals surface area contributed by atoms with E-state index in [1.165, 1.54) is 11.8 Å². The van der Waals surface area contributed by atoms with Crippen molar-refractivity contribution in [2.24, 2.45) is 7.05 Å². The van der Waals surface area contributed by atoms with Crippen LogP contribution < -0.4 is 5.32 Å². The zero-order valence-electron chi connectivity index (χ0n) is 14.4. The third-order valence-electron chi connectivity index (χ3n) is 3.90. The largest absolute Gasteiger partial charge is 0.469 e. The lowest BCUT2D eigenvalue weighted by Gasteiger charge is -2.11. The molecule has 7 heteroatoms. The molecule has 0 spiro atoms. The highest BCUT2D eigenvalue weighted by molar-refractivity contribution is 8.00. The van der Waals surface area contributed by atoms with E-state index in [1.54, 1.807) is 6.26 Å². The summed E-state index contributed by atoms with van der Waals surface area (Å²) >= 11 is 1.38. The third kappa shape index (κ3) is 3.93. The van der Waals surface area contributed by atoms with Gasteiger partial charge in [0.15, 0.2) is 11.0 Å². The van der Waals surface area contributed by atoms with Crippen LogP contribution in [0.15, 0.2) is 52.2 Å². The molecule has 0 aliphatic carbocycles. The van der Waals surface area contributed by atoms with E-state index >= 15 is 0 Å². The molecule has 2 heterocycles. The van der Waals surface area contributed by atoms with Gasteiger partial charge in [0.25, 0.3) is 0 Å². The number of aryl methyl sites for hydroxylation is 1. The van der Waals surface area contributed by atoms with E-state index in [2.05, 4.69) is 15.5 Å². The summed E-state index contributed by atoms with van der Waals surface area (Å²) in [5.41, 5.74) is 1.98. The quantitative estimate of drug-likeness (QED) is 0.687. The number of furan rings is 1. The number of hydrogen-bond donors (Lipinski definition) is 1. The van der Waals surface area contributed by atoms with Crippen molar-refractivity contribution in [3.63, 3.8) is 0 Å². The van der Waals surface area contributed by atoms with E-state index in [4.69, 9.17) is 4.42 Å². The molecule has 25 heavy (non-hydrogen) atoms. The number of carbonyl (C=O) groups excluding carboxylic acids is 1. The Balaban J connectivity index is 1.63. The van der Waals surface area contributed by atoms with Crippen LogP contribution in [-0.4, -0.2) is 25.9 Å². The molecular formula is C18H20N4O2S. The van der Waals surface area contributed by atoms with Gasteiger partial charge in [-0.15, -0.1) is 10.2 Å². The minimum atomic E-state index is -0.273. The molecule has 1 atom stereocenters. The normalized spacial score (nSPS) is 12.1. The van der Waals surface area contributed by atoms with Crippen molar-refractivity contribution in [1.82, 2.24) is 20.1 Å². The number of amides is 1. The monoisotopic (exact) mass is 356 g/mol. The standard InChI is InChI=1S/C18H20N4O2S/c1-12-15(9-10-24-12)16-20-21-18(22(16)3)25-13(2)17(23)19-11-14-7-5-4-6-8-14/h4-10,13H,11H2,1-3H3,(H,19,23). The van der Waals surface area contributed by atoms with E-state index in [1.807, 2.05) is 61.9 Å². The Morgan fingerprint density at radius 2 is 2.04 bits per heavy atom. The van der Waals surface area contributed by atoms with Crippen molar-refractivity contribution >= 4 is 17.7 Å². The lowest BCUT2D eigenvalue weighted by Crippen LogP contribution is -2.30. The number of carbonyl (C=O) groups is 1. The Bertz CT molecular complexity index is 857. The van der Waals surface area contributed by atoms with Crippen LogP contribution >= 0.6 is 11.8 Å². The molecule has 1 unspecified atom stereocenters. The fraction of sp³-hybridized carbons (Fsp3) is 0.278. The van der Waals surface area contributed by atoms with Crippen molar-refractivity contribution in [2.75, 3.05) is 0 Å². The lowest BCUT2D eigenvalue weighted by atomic mass is 10.2. The zero-order chi connectivity index (χ0) is 17.8. The molecule has 1 N–H and O–H groups in total. The van der Waals surface area contributed by atoms with Crippen LogP contribution in [0.25, 0.3) is 11.4 Å². The smallest absolute Gasteiger partial charge is 0.233 e. The minimum Gasteiger partial charge on any atom is -0.469 e. The Kier molecular flexibility index (Phi) is 5.23. The maximum absolute atomic E-state index is 12.3. The van der Waals surface area contributed by atoms with Crippen molar-refractivity contribution in [2.45, 2.75) is 30.8 Å². The molecule has 0 aliphatic rings. The van der Waals surface area contributed by atoms with Gasteiger partial charge in [0.1, 0.15) is 5.76 Å². The summed E-state index contributed by atoms with van der Waals surface area (Å²) in [7, 11) is 1.89. The van der Waals surface area contributed by atoms with Gasteiger partial charge in [0, 0.05) is 13.6 Å². The molecule has 0 aliphatic heterocycles. The predicted octanol–water partition coefficient (Wildman–Crippen LogP) is 3.18. The molecule has 0 fully saturated rings. The number of nitrogens with one attached hydrogen (secondary N) is 1. The Labute approximate surface area is 150 Å². The maximum atomic E-state index is 12.3. The van der Waals surface area contributed by atoms with Crippen LogP contribution in [0.4, 0.5) is 0 Å². The first-order chi connectivity index (χ1) is 12.1. The molecular weight excluding hydrogens is 336 g/mol. The summed E-state index contributed by atoms with van der Waals surface area (Å²) in [6.45, 7) is 4.27. The van der Waals surface area contributed by atoms with Crippen molar-refractivity contribution < 1.29 is 9.21 Å². The van der Waals surface area contributed by atoms with Crippen molar-refractivity contribution in [3.8, 4) is 11.4 Å². The predicted molar refractivity (Wildman–Crippen MR) is 97.0 cm³/mol. The Morgan fingerprint density at radius 1 is 1.28 bits per heavy atom. The Hall–Kier alpha value is -2.54. The fourth-order valence-corrected chi connectivity index (χ4v) is 3.25. The van der Waals surface area contributed by atoms with Gasteiger partial charge < -0.3 is 14.3 Å². The van der Waals surface area contributed by atoms with Gasteiger partial charge in [-0.3, -0.25) is 4.79 Å². The average molecular weight is 356 g/mol. The van der Waals surface area contributed by atoms with E-state index in [0.29, 0.717) is 11.7 Å². The van der Waals surface area contributed by atoms with E-state index in [0.717, 1.165) is 22.7 Å². The molecule has 1 amide bonds. The van der Waals surface area contributed by atoms with E-state index in [9.17, 15) is 4.79 Å². The Morgan fingerprint density at radius 3 is 2.72 bits per heavy atom. The molecule has 0 bridgehead atoms. The maximum Gasteiger partial charge on any atom is 0.233 e. The van der Waals surface area contributed by atoms with Crippen LogP contribution in [-0.2, 0) is 18.4 Å². The fourth-order valence-electron chi connectivity index (χ4n) is 2.41. The summed E-state index contributed by atoms with van der Waals surface area (Å²) in [6, 6.07) is 11.7. The number of hydrogen-bond acceptors (Lipinski definition) is 5. The second-order valence-electron chi connectivity index (χ2n) is 5.72. The van der Waals surface area contributed by atoms with Crippen molar-refractivity contribution in [1.29, 1.82) is 0 Å². The molecule has 0 radical (unpaired) electrons. The van der Waals surface area contributed by atoms with Gasteiger partial charge in [-0.05, 0) is 25.5 Å². The van der Waals surface area contributed by atoms with Crippen LogP contribution in [0.1, 0.15) is 18.2 Å². The highest BCUT2D eigenvalue weighted by Crippen LogP contribution is 2.27. The molecule has 3 rings (SSSR count). The van der Waals surface area contributed by atoms with E-state index in [-0.39, 0.29) is 11.2 Å². The molecule has 2 aromatic heterocycles. The second kappa shape index (κ2) is 7.57. The van der Waals surface area contributed by atoms with Gasteiger partial charge in [-0.2, -0.15) is 0 Å². The molecule has 0 saturated heterocycles. The number of benzene rings is 1. The van der Waals surface area contributed by atoms with Crippen LogP contribution in [0.5, 0.6) is 0 Å². The lowest BCUT2D eigenvalue weighted by molar-refractivity contribution is -0.120. The topological polar surface area (TPSA) is 72.9 Å². The molecule has 130 valence electrons. The second-order valence-corrected chi connectivity index (χ2v) is 7.03. The minimum absolute atomic E-state index is 0.0297. The number of nitrogens with zero attached hydrogens (tertiary/aromatic N) is 3. The molecule has 3 aromatic rings. The van der Waals surface area contributed by atoms with Crippen LogP contribution in [0.2, 0.25) is 0 Å². The summed E-state index contributed by atoms with van der Waals surface area (Å²) < 4.78 is 7.20. The summed E-state index contributed by atoms with van der Waals surface area (Å²) in [5, 5.41) is 11.8. The molecule has 1 aromatic carbocycles. The van der Waals surface area contributed by atoms with Gasteiger partial charge in [-0.1, -0.05) is 42.1 Å². The SMILES string of the molecule is Cc1occc1-c1nnc(SC(C)C(=O)NCc2ccccc2)n1C. The highest BCUT2D eigenvalue weighted by Gasteiger charge is 2.20. The molecule has 0 saturated carbocycles. The van der Waals surface area contributed by atoms with Crippen molar-refractivity contribution in [3.05, 3.63) is 54.0 Å². The summed E-state index contributed by atoms with van der Waals surface area (Å²) in [4.78, 5) is 12.3. The van der Waals surface area contributed by atoms with E-state index < -0.39 is 0 Å².